The van der Waals surface area contributed by atoms with Gasteiger partial charge in [0.25, 0.3) is 0 Å². The number of nitrogens with two attached hydrogens (primary N) is 1. The predicted octanol–water partition coefficient (Wildman–Crippen LogP) is 2.73. The number of amides is 1. The summed E-state index contributed by atoms with van der Waals surface area (Å²) >= 11 is 6.04. The van der Waals surface area contributed by atoms with Crippen molar-refractivity contribution in [1.29, 1.82) is 0 Å². The second kappa shape index (κ2) is 7.02. The molecule has 1 aliphatic rings. The fourth-order valence-corrected chi connectivity index (χ4v) is 3.07. The molecule has 1 aliphatic heterocycles. The van der Waals surface area contributed by atoms with E-state index in [2.05, 4.69) is 10.2 Å². The monoisotopic (exact) mass is 329 g/mol. The lowest BCUT2D eigenvalue weighted by molar-refractivity contribution is -0.123. The zero-order chi connectivity index (χ0) is 16.2. The average Bonchev–Trinajstić information content (AvgIpc) is 3.03. The highest BCUT2D eigenvalue weighted by Gasteiger charge is 2.26. The molecule has 0 aliphatic carbocycles. The van der Waals surface area contributed by atoms with Gasteiger partial charge in [0, 0.05) is 29.8 Å². The molecule has 2 aromatic rings. The third-order valence-electron chi connectivity index (χ3n) is 4.15. The summed E-state index contributed by atoms with van der Waals surface area (Å²) in [5.74, 6) is -0.130. The normalized spacial score (nSPS) is 18.7. The van der Waals surface area contributed by atoms with Crippen LogP contribution in [0.5, 0.6) is 0 Å². The van der Waals surface area contributed by atoms with Crippen LogP contribution < -0.4 is 16.0 Å². The number of benzene rings is 2. The second-order valence-corrected chi connectivity index (χ2v) is 6.24. The Balaban J connectivity index is 1.58. The molecule has 23 heavy (non-hydrogen) atoms. The lowest BCUT2D eigenvalue weighted by atomic mass is 10.1. The molecule has 0 radical (unpaired) electrons. The Labute approximate surface area is 141 Å². The first-order valence-electron chi connectivity index (χ1n) is 7.75. The van der Waals surface area contributed by atoms with Crippen LogP contribution >= 0.6 is 11.6 Å². The zero-order valence-electron chi connectivity index (χ0n) is 12.8. The van der Waals surface area contributed by atoms with Crippen LogP contribution in [0.15, 0.2) is 54.6 Å². The summed E-state index contributed by atoms with van der Waals surface area (Å²) in [7, 11) is 0. The topological polar surface area (TPSA) is 58.4 Å². The first-order chi connectivity index (χ1) is 11.1. The smallest absolute Gasteiger partial charge is 0.241 e. The number of rotatable bonds is 4. The van der Waals surface area contributed by atoms with Gasteiger partial charge in [0.15, 0.2) is 0 Å². The molecule has 3 N–H and O–H groups in total. The van der Waals surface area contributed by atoms with E-state index in [1.165, 1.54) is 0 Å². The summed E-state index contributed by atoms with van der Waals surface area (Å²) in [6, 6.07) is 16.7. The third kappa shape index (κ3) is 3.84. The Morgan fingerprint density at radius 3 is 2.74 bits per heavy atom. The molecule has 0 bridgehead atoms. The minimum atomic E-state index is -0.628. The molecule has 1 fully saturated rings. The van der Waals surface area contributed by atoms with Crippen LogP contribution in [0.2, 0.25) is 5.02 Å². The summed E-state index contributed by atoms with van der Waals surface area (Å²) in [5.41, 5.74) is 7.95. The Hall–Kier alpha value is -2.04. The number of carbonyl (C=O) groups is 1. The molecule has 5 heteroatoms. The minimum Gasteiger partial charge on any atom is -0.369 e. The molecule has 1 saturated heterocycles. The molecular weight excluding hydrogens is 310 g/mol. The summed E-state index contributed by atoms with van der Waals surface area (Å²) in [5, 5.41) is 3.78. The summed E-state index contributed by atoms with van der Waals surface area (Å²) in [4.78, 5) is 14.5. The van der Waals surface area contributed by atoms with Crippen LogP contribution in [0.25, 0.3) is 0 Å². The van der Waals surface area contributed by atoms with Crippen molar-refractivity contribution >= 4 is 23.2 Å². The minimum absolute atomic E-state index is 0.108. The molecule has 2 atom stereocenters. The number of hydrogen-bond acceptors (Lipinski definition) is 3. The van der Waals surface area contributed by atoms with Crippen LogP contribution in [0.4, 0.5) is 5.69 Å². The van der Waals surface area contributed by atoms with Gasteiger partial charge in [-0.15, -0.1) is 0 Å². The van der Waals surface area contributed by atoms with Crippen LogP contribution in [0, 0.1) is 0 Å². The van der Waals surface area contributed by atoms with Crippen molar-refractivity contribution in [2.24, 2.45) is 5.73 Å². The Kier molecular flexibility index (Phi) is 4.84. The number of halogens is 1. The molecule has 120 valence electrons. The van der Waals surface area contributed by atoms with Crippen molar-refractivity contribution in [2.75, 3.05) is 18.0 Å². The van der Waals surface area contributed by atoms with Crippen molar-refractivity contribution < 1.29 is 4.79 Å². The lowest BCUT2D eigenvalue weighted by Gasteiger charge is -2.20. The Bertz CT molecular complexity index is 677. The third-order valence-corrected chi connectivity index (χ3v) is 4.38. The van der Waals surface area contributed by atoms with Gasteiger partial charge in [-0.3, -0.25) is 4.79 Å². The summed E-state index contributed by atoms with van der Waals surface area (Å²) < 4.78 is 0. The van der Waals surface area contributed by atoms with Crippen LogP contribution in [0.3, 0.4) is 0 Å². The predicted molar refractivity (Wildman–Crippen MR) is 93.6 cm³/mol. The first kappa shape index (κ1) is 15.8. The quantitative estimate of drug-likeness (QED) is 0.906. The number of hydrogen-bond donors (Lipinski definition) is 2. The molecule has 0 spiro atoms. The molecule has 3 rings (SSSR count). The van der Waals surface area contributed by atoms with Gasteiger partial charge in [0.05, 0.1) is 0 Å². The highest BCUT2D eigenvalue weighted by Crippen LogP contribution is 2.23. The van der Waals surface area contributed by atoms with Crippen LogP contribution in [-0.2, 0) is 4.79 Å². The van der Waals surface area contributed by atoms with Crippen molar-refractivity contribution in [3.8, 4) is 0 Å². The summed E-state index contributed by atoms with van der Waals surface area (Å²) in [6.45, 7) is 1.67. The fraction of sp³-hybridized carbons (Fsp3) is 0.278. The number of anilines is 1. The summed E-state index contributed by atoms with van der Waals surface area (Å²) in [6.07, 6.45) is 0.903. The van der Waals surface area contributed by atoms with Gasteiger partial charge in [0.2, 0.25) is 5.91 Å². The molecular formula is C18H20ClN3O. The van der Waals surface area contributed by atoms with E-state index in [0.29, 0.717) is 0 Å². The van der Waals surface area contributed by atoms with E-state index in [0.717, 1.165) is 35.8 Å². The molecule has 1 heterocycles. The molecule has 4 nitrogen and oxygen atoms in total. The van der Waals surface area contributed by atoms with Gasteiger partial charge in [-0.1, -0.05) is 48.0 Å². The molecule has 1 amide bonds. The van der Waals surface area contributed by atoms with Gasteiger partial charge in [-0.05, 0) is 30.2 Å². The van der Waals surface area contributed by atoms with E-state index in [1.54, 1.807) is 0 Å². The number of carbonyl (C=O) groups excluding carboxylic acids is 1. The van der Waals surface area contributed by atoms with E-state index in [-0.39, 0.29) is 11.9 Å². The van der Waals surface area contributed by atoms with E-state index in [4.69, 9.17) is 17.3 Å². The van der Waals surface area contributed by atoms with Crippen molar-refractivity contribution in [3.63, 3.8) is 0 Å². The Morgan fingerprint density at radius 2 is 2.00 bits per heavy atom. The zero-order valence-corrected chi connectivity index (χ0v) is 13.5. The van der Waals surface area contributed by atoms with Gasteiger partial charge < -0.3 is 16.0 Å². The fourth-order valence-electron chi connectivity index (χ4n) is 2.89. The van der Waals surface area contributed by atoms with Gasteiger partial charge in [-0.25, -0.2) is 0 Å². The second-order valence-electron chi connectivity index (χ2n) is 5.81. The standard InChI is InChI=1S/C18H20ClN3O/c19-14-7-4-8-16(11-14)22-10-9-15(12-22)21-18(23)17(20)13-5-2-1-3-6-13/h1-8,11,15,17H,9-10,12,20H2,(H,21,23). The van der Waals surface area contributed by atoms with Crippen LogP contribution in [0.1, 0.15) is 18.0 Å². The number of nitrogens with zero attached hydrogens (tertiary/aromatic N) is 1. The maximum atomic E-state index is 12.3. The van der Waals surface area contributed by atoms with Crippen molar-refractivity contribution in [2.45, 2.75) is 18.5 Å². The first-order valence-corrected chi connectivity index (χ1v) is 8.13. The van der Waals surface area contributed by atoms with Gasteiger partial charge >= 0.3 is 0 Å². The van der Waals surface area contributed by atoms with E-state index >= 15 is 0 Å². The SMILES string of the molecule is NC(C(=O)NC1CCN(c2cccc(Cl)c2)C1)c1ccccc1. The highest BCUT2D eigenvalue weighted by molar-refractivity contribution is 6.30. The average molecular weight is 330 g/mol. The van der Waals surface area contributed by atoms with E-state index in [9.17, 15) is 4.79 Å². The van der Waals surface area contributed by atoms with Crippen LogP contribution in [-0.4, -0.2) is 25.0 Å². The largest absolute Gasteiger partial charge is 0.369 e. The van der Waals surface area contributed by atoms with Crippen molar-refractivity contribution in [3.05, 3.63) is 65.2 Å². The van der Waals surface area contributed by atoms with Gasteiger partial charge in [-0.2, -0.15) is 0 Å². The Morgan fingerprint density at radius 1 is 1.22 bits per heavy atom. The maximum absolute atomic E-state index is 12.3. The molecule has 0 aromatic heterocycles. The highest BCUT2D eigenvalue weighted by atomic mass is 35.5. The lowest BCUT2D eigenvalue weighted by Crippen LogP contribution is -2.42. The van der Waals surface area contributed by atoms with E-state index in [1.807, 2.05) is 54.6 Å². The maximum Gasteiger partial charge on any atom is 0.241 e. The molecule has 2 aromatic carbocycles. The molecule has 0 saturated carbocycles. The van der Waals surface area contributed by atoms with E-state index < -0.39 is 6.04 Å². The van der Waals surface area contributed by atoms with Crippen molar-refractivity contribution in [1.82, 2.24) is 5.32 Å². The molecule has 2 unspecified atom stereocenters. The number of nitrogens with one attached hydrogen (secondary N) is 1. The van der Waals surface area contributed by atoms with Gasteiger partial charge in [0.1, 0.15) is 6.04 Å².